The van der Waals surface area contributed by atoms with Crippen LogP contribution in [0.5, 0.6) is 0 Å². The second-order valence-electron chi connectivity index (χ2n) is 7.92. The van der Waals surface area contributed by atoms with Crippen LogP contribution in [-0.2, 0) is 16.0 Å². The molecule has 0 atom stereocenters. The molecule has 1 saturated heterocycles. The number of amides is 2. The van der Waals surface area contributed by atoms with Crippen LogP contribution in [0.2, 0.25) is 0 Å². The van der Waals surface area contributed by atoms with Gasteiger partial charge in [-0.25, -0.2) is 0 Å². The lowest BCUT2D eigenvalue weighted by atomic mass is 10.1. The summed E-state index contributed by atoms with van der Waals surface area (Å²) in [6.45, 7) is 5.44. The van der Waals surface area contributed by atoms with E-state index >= 15 is 0 Å². The third kappa shape index (κ3) is 3.94. The van der Waals surface area contributed by atoms with Crippen LogP contribution in [0.3, 0.4) is 0 Å². The Morgan fingerprint density at radius 2 is 1.60 bits per heavy atom. The van der Waals surface area contributed by atoms with E-state index in [4.69, 9.17) is 12.2 Å². The maximum atomic E-state index is 13.3. The van der Waals surface area contributed by atoms with Crippen LogP contribution < -0.4 is 4.90 Å². The third-order valence-electron chi connectivity index (χ3n) is 5.40. The van der Waals surface area contributed by atoms with Gasteiger partial charge in [-0.2, -0.15) is 0 Å². The van der Waals surface area contributed by atoms with Crippen LogP contribution in [0.25, 0.3) is 5.57 Å². The second kappa shape index (κ2) is 8.74. The zero-order chi connectivity index (χ0) is 21.3. The first-order valence-corrected chi connectivity index (χ1v) is 11.4. The fourth-order valence-corrected chi connectivity index (χ4v) is 5.12. The van der Waals surface area contributed by atoms with Gasteiger partial charge >= 0.3 is 0 Å². The summed E-state index contributed by atoms with van der Waals surface area (Å²) in [6.07, 6.45) is 1.63. The van der Waals surface area contributed by atoms with Crippen molar-refractivity contribution in [3.63, 3.8) is 0 Å². The van der Waals surface area contributed by atoms with Crippen LogP contribution in [0.1, 0.15) is 31.4 Å². The van der Waals surface area contributed by atoms with Gasteiger partial charge in [-0.05, 0) is 30.4 Å². The number of hydrogen-bond acceptors (Lipinski definition) is 4. The van der Waals surface area contributed by atoms with Crippen molar-refractivity contribution in [2.75, 3.05) is 18.0 Å². The van der Waals surface area contributed by atoms with Crippen molar-refractivity contribution in [2.45, 2.75) is 26.7 Å². The Labute approximate surface area is 186 Å². The minimum Gasteiger partial charge on any atom is -0.308 e. The second-order valence-corrected chi connectivity index (χ2v) is 9.57. The number of fused-ring (bicyclic) bond motifs is 1. The Kier molecular flexibility index (Phi) is 6.06. The molecule has 2 amide bonds. The monoisotopic (exact) mass is 436 g/mol. The molecule has 0 aromatic heterocycles. The fraction of sp³-hybridized carbons (Fsp3) is 0.292. The van der Waals surface area contributed by atoms with E-state index in [2.05, 4.69) is 13.8 Å². The molecule has 0 aliphatic carbocycles. The number of thiocarbonyl (C=S) groups is 1. The van der Waals surface area contributed by atoms with E-state index in [1.807, 2.05) is 54.6 Å². The molecule has 154 valence electrons. The van der Waals surface area contributed by atoms with Crippen LogP contribution in [0.4, 0.5) is 5.69 Å². The zero-order valence-electron chi connectivity index (χ0n) is 17.1. The van der Waals surface area contributed by atoms with Gasteiger partial charge in [0.05, 0.1) is 16.2 Å². The van der Waals surface area contributed by atoms with E-state index in [0.717, 1.165) is 29.7 Å². The standard InChI is InChI=1S/C24H24N2O2S2/c1-16(2)12-14-25-19-11-7-6-10-18(19)20(22(25)27)21-23(28)26(24(29)30-21)15-13-17-8-4-3-5-9-17/h3-11,16H,12-15H2,1-2H3. The Hall–Kier alpha value is -2.44. The molecule has 4 rings (SSSR count). The molecule has 0 radical (unpaired) electrons. The van der Waals surface area contributed by atoms with E-state index in [9.17, 15) is 9.59 Å². The number of rotatable bonds is 6. The summed E-state index contributed by atoms with van der Waals surface area (Å²) in [5, 5.41) is 0. The predicted octanol–water partition coefficient (Wildman–Crippen LogP) is 4.89. The first-order valence-electron chi connectivity index (χ1n) is 10.2. The maximum absolute atomic E-state index is 13.3. The average molecular weight is 437 g/mol. The molecule has 2 aromatic carbocycles. The number of nitrogens with zero attached hydrogens (tertiary/aromatic N) is 2. The Balaban J connectivity index is 1.63. The number of benzene rings is 2. The quantitative estimate of drug-likeness (QED) is 0.477. The minimum atomic E-state index is -0.162. The maximum Gasteiger partial charge on any atom is 0.267 e. The van der Waals surface area contributed by atoms with Crippen LogP contribution in [0.15, 0.2) is 59.5 Å². The highest BCUT2D eigenvalue weighted by molar-refractivity contribution is 8.26. The summed E-state index contributed by atoms with van der Waals surface area (Å²) < 4.78 is 0.518. The van der Waals surface area contributed by atoms with Crippen molar-refractivity contribution in [1.29, 1.82) is 0 Å². The van der Waals surface area contributed by atoms with Crippen molar-refractivity contribution in [1.82, 2.24) is 4.90 Å². The summed E-state index contributed by atoms with van der Waals surface area (Å²) in [6, 6.07) is 17.8. The fourth-order valence-electron chi connectivity index (χ4n) is 3.74. The SMILES string of the molecule is CC(C)CCN1C(=O)C(=C2SC(=S)N(CCc3ccccc3)C2=O)c2ccccc21. The molecular weight excluding hydrogens is 412 g/mol. The summed E-state index contributed by atoms with van der Waals surface area (Å²) in [7, 11) is 0. The van der Waals surface area contributed by atoms with E-state index < -0.39 is 0 Å². The van der Waals surface area contributed by atoms with Gasteiger partial charge in [0.2, 0.25) is 0 Å². The number of carbonyl (C=O) groups excluding carboxylic acids is 2. The molecular formula is C24H24N2O2S2. The third-order valence-corrected chi connectivity index (χ3v) is 6.84. The molecule has 2 aliphatic heterocycles. The lowest BCUT2D eigenvalue weighted by Crippen LogP contribution is -2.31. The molecule has 4 nitrogen and oxygen atoms in total. The zero-order valence-corrected chi connectivity index (χ0v) is 18.8. The molecule has 2 aromatic rings. The molecule has 0 bridgehead atoms. The number of para-hydroxylation sites is 1. The highest BCUT2D eigenvalue weighted by Crippen LogP contribution is 2.44. The minimum absolute atomic E-state index is 0.0968. The van der Waals surface area contributed by atoms with Gasteiger partial charge in [0.15, 0.2) is 0 Å². The largest absolute Gasteiger partial charge is 0.308 e. The van der Waals surface area contributed by atoms with Gasteiger partial charge in [0, 0.05) is 18.7 Å². The summed E-state index contributed by atoms with van der Waals surface area (Å²) in [5.41, 5.74) is 3.36. The lowest BCUT2D eigenvalue weighted by Gasteiger charge is -2.18. The summed E-state index contributed by atoms with van der Waals surface area (Å²) >= 11 is 6.75. The van der Waals surface area contributed by atoms with Crippen molar-refractivity contribution in [3.8, 4) is 0 Å². The van der Waals surface area contributed by atoms with Crippen LogP contribution in [-0.4, -0.2) is 34.1 Å². The Bertz CT molecular complexity index is 1030. The first-order chi connectivity index (χ1) is 14.5. The molecule has 2 aliphatic rings. The highest BCUT2D eigenvalue weighted by atomic mass is 32.2. The van der Waals surface area contributed by atoms with Crippen molar-refractivity contribution >= 4 is 51.4 Å². The van der Waals surface area contributed by atoms with Crippen LogP contribution >= 0.6 is 24.0 Å². The van der Waals surface area contributed by atoms with Gasteiger partial charge in [-0.1, -0.05) is 86.4 Å². The van der Waals surface area contributed by atoms with E-state index in [1.165, 1.54) is 11.8 Å². The average Bonchev–Trinajstić information content (AvgIpc) is 3.17. The van der Waals surface area contributed by atoms with E-state index in [1.54, 1.807) is 9.80 Å². The van der Waals surface area contributed by atoms with Crippen LogP contribution in [0, 0.1) is 5.92 Å². The van der Waals surface area contributed by atoms with E-state index in [0.29, 0.717) is 33.8 Å². The molecule has 6 heteroatoms. The smallest absolute Gasteiger partial charge is 0.267 e. The number of hydrogen-bond donors (Lipinski definition) is 0. The highest BCUT2D eigenvalue weighted by Gasteiger charge is 2.41. The molecule has 0 saturated carbocycles. The van der Waals surface area contributed by atoms with Crippen molar-refractivity contribution in [2.24, 2.45) is 5.92 Å². The lowest BCUT2D eigenvalue weighted by molar-refractivity contribution is -0.122. The topological polar surface area (TPSA) is 40.6 Å². The van der Waals surface area contributed by atoms with Gasteiger partial charge in [0.25, 0.3) is 11.8 Å². The normalized spacial score (nSPS) is 18.7. The molecule has 1 fully saturated rings. The molecule has 0 unspecified atom stereocenters. The summed E-state index contributed by atoms with van der Waals surface area (Å²) in [5.74, 6) is 0.232. The molecule has 2 heterocycles. The molecule has 0 N–H and O–H groups in total. The molecule has 30 heavy (non-hydrogen) atoms. The number of carbonyl (C=O) groups is 2. The number of thioether (sulfide) groups is 1. The van der Waals surface area contributed by atoms with Gasteiger partial charge < -0.3 is 4.90 Å². The van der Waals surface area contributed by atoms with E-state index in [-0.39, 0.29) is 11.8 Å². The summed E-state index contributed by atoms with van der Waals surface area (Å²) in [4.78, 5) is 30.5. The van der Waals surface area contributed by atoms with Crippen molar-refractivity contribution in [3.05, 3.63) is 70.6 Å². The molecule has 0 spiro atoms. The van der Waals surface area contributed by atoms with Gasteiger partial charge in [-0.3, -0.25) is 14.5 Å². The predicted molar refractivity (Wildman–Crippen MR) is 127 cm³/mol. The van der Waals surface area contributed by atoms with Crippen molar-refractivity contribution < 1.29 is 9.59 Å². The number of anilines is 1. The van der Waals surface area contributed by atoms with Gasteiger partial charge in [0.1, 0.15) is 4.32 Å². The van der Waals surface area contributed by atoms with Gasteiger partial charge in [-0.15, -0.1) is 0 Å². The Morgan fingerprint density at radius 3 is 2.33 bits per heavy atom. The first kappa shape index (κ1) is 20.8. The Morgan fingerprint density at radius 1 is 0.900 bits per heavy atom.